The Kier molecular flexibility index (Phi) is 6.57. The van der Waals surface area contributed by atoms with Gasteiger partial charge < -0.3 is 15.0 Å². The summed E-state index contributed by atoms with van der Waals surface area (Å²) in [4.78, 5) is 26.0. The largest absolute Gasteiger partial charge is 0.445 e. The number of carbonyl (C=O) groups is 2. The minimum Gasteiger partial charge on any atom is -0.445 e. The Hall–Kier alpha value is -2.82. The molecule has 2 aromatic rings. The van der Waals surface area contributed by atoms with Crippen molar-refractivity contribution in [3.05, 3.63) is 71.8 Å². The molecule has 0 aliphatic carbocycles. The number of likely N-dealkylation sites (N-methyl/N-ethyl adjacent to an activating group) is 1. The van der Waals surface area contributed by atoms with E-state index < -0.39 is 12.1 Å². The van der Waals surface area contributed by atoms with Crippen molar-refractivity contribution >= 4 is 12.0 Å². The molecule has 0 saturated heterocycles. The summed E-state index contributed by atoms with van der Waals surface area (Å²) in [6, 6.07) is 18.4. The normalized spacial score (nSPS) is 12.8. The number of nitrogens with zero attached hydrogens (tertiary/aromatic N) is 1. The molecule has 1 N–H and O–H groups in total. The fourth-order valence-electron chi connectivity index (χ4n) is 2.45. The van der Waals surface area contributed by atoms with Crippen LogP contribution in [0.2, 0.25) is 0 Å². The second-order valence-corrected chi connectivity index (χ2v) is 5.96. The number of benzene rings is 2. The lowest BCUT2D eigenvalue weighted by Gasteiger charge is -2.28. The van der Waals surface area contributed by atoms with E-state index in [2.05, 4.69) is 5.32 Å². The molecule has 0 spiro atoms. The van der Waals surface area contributed by atoms with Crippen molar-refractivity contribution in [1.29, 1.82) is 0 Å². The zero-order valence-electron chi connectivity index (χ0n) is 14.8. The van der Waals surface area contributed by atoms with Crippen LogP contribution < -0.4 is 5.32 Å². The molecule has 2 aromatic carbocycles. The highest BCUT2D eigenvalue weighted by Gasteiger charge is 2.24. The number of hydrogen-bond donors (Lipinski definition) is 1. The van der Waals surface area contributed by atoms with Crippen molar-refractivity contribution in [3.8, 4) is 0 Å². The van der Waals surface area contributed by atoms with Crippen LogP contribution in [-0.2, 0) is 16.1 Å². The van der Waals surface area contributed by atoms with Crippen LogP contribution in [0.15, 0.2) is 60.7 Å². The van der Waals surface area contributed by atoms with Crippen molar-refractivity contribution < 1.29 is 14.3 Å². The number of hydrogen-bond acceptors (Lipinski definition) is 3. The van der Waals surface area contributed by atoms with Gasteiger partial charge in [-0.15, -0.1) is 0 Å². The van der Waals surface area contributed by atoms with Crippen molar-refractivity contribution in [1.82, 2.24) is 10.2 Å². The van der Waals surface area contributed by atoms with E-state index >= 15 is 0 Å². The van der Waals surface area contributed by atoms with Crippen LogP contribution in [-0.4, -0.2) is 30.0 Å². The number of amides is 2. The van der Waals surface area contributed by atoms with Gasteiger partial charge in [0.15, 0.2) is 0 Å². The Labute approximate surface area is 148 Å². The van der Waals surface area contributed by atoms with Crippen LogP contribution in [0.3, 0.4) is 0 Å². The van der Waals surface area contributed by atoms with Gasteiger partial charge in [0.1, 0.15) is 12.6 Å². The molecular weight excluding hydrogens is 316 g/mol. The minimum absolute atomic E-state index is 0.0849. The minimum atomic E-state index is -0.667. The molecule has 2 rings (SSSR count). The van der Waals surface area contributed by atoms with Crippen LogP contribution in [0.5, 0.6) is 0 Å². The van der Waals surface area contributed by atoms with Gasteiger partial charge in [-0.2, -0.15) is 0 Å². The van der Waals surface area contributed by atoms with Gasteiger partial charge in [0, 0.05) is 7.05 Å². The molecule has 5 nitrogen and oxygen atoms in total. The topological polar surface area (TPSA) is 58.6 Å². The van der Waals surface area contributed by atoms with Gasteiger partial charge >= 0.3 is 6.09 Å². The maximum Gasteiger partial charge on any atom is 0.408 e. The zero-order valence-corrected chi connectivity index (χ0v) is 14.8. The van der Waals surface area contributed by atoms with Crippen LogP contribution >= 0.6 is 0 Å². The molecule has 0 fully saturated rings. The first-order chi connectivity index (χ1) is 12.0. The molecule has 25 heavy (non-hydrogen) atoms. The average Bonchev–Trinajstić information content (AvgIpc) is 2.66. The highest BCUT2D eigenvalue weighted by atomic mass is 16.5. The van der Waals surface area contributed by atoms with Gasteiger partial charge in [0.2, 0.25) is 5.91 Å². The SMILES string of the molecule is C[C@@H](NC(=O)OCc1ccccc1)C(=O)N(C)[C@@H](C)c1ccccc1. The van der Waals surface area contributed by atoms with E-state index in [1.165, 1.54) is 0 Å². The fraction of sp³-hybridized carbons (Fsp3) is 0.300. The second kappa shape index (κ2) is 8.87. The smallest absolute Gasteiger partial charge is 0.408 e. The molecule has 0 heterocycles. The predicted molar refractivity (Wildman–Crippen MR) is 96.9 cm³/mol. The Morgan fingerprint density at radius 1 is 1.00 bits per heavy atom. The third-order valence-corrected chi connectivity index (χ3v) is 4.13. The third kappa shape index (κ3) is 5.35. The van der Waals surface area contributed by atoms with Crippen molar-refractivity contribution in [2.24, 2.45) is 0 Å². The summed E-state index contributed by atoms with van der Waals surface area (Å²) in [5, 5.41) is 2.58. The highest BCUT2D eigenvalue weighted by molar-refractivity contribution is 5.85. The van der Waals surface area contributed by atoms with Gasteiger partial charge in [0.25, 0.3) is 0 Å². The van der Waals surface area contributed by atoms with Crippen LogP contribution in [0.4, 0.5) is 4.79 Å². The molecule has 0 aliphatic heterocycles. The summed E-state index contributed by atoms with van der Waals surface area (Å²) in [5.41, 5.74) is 1.93. The van der Waals surface area contributed by atoms with E-state index in [0.29, 0.717) is 0 Å². The molecule has 2 amide bonds. The first-order valence-corrected chi connectivity index (χ1v) is 8.28. The lowest BCUT2D eigenvalue weighted by atomic mass is 10.1. The quantitative estimate of drug-likeness (QED) is 0.875. The van der Waals surface area contributed by atoms with Crippen molar-refractivity contribution in [3.63, 3.8) is 0 Å². The van der Waals surface area contributed by atoms with E-state index in [1.807, 2.05) is 67.6 Å². The van der Waals surface area contributed by atoms with E-state index in [0.717, 1.165) is 11.1 Å². The molecule has 2 atom stereocenters. The third-order valence-electron chi connectivity index (χ3n) is 4.13. The van der Waals surface area contributed by atoms with E-state index in [9.17, 15) is 9.59 Å². The van der Waals surface area contributed by atoms with Crippen LogP contribution in [0, 0.1) is 0 Å². The van der Waals surface area contributed by atoms with Gasteiger partial charge in [-0.3, -0.25) is 4.79 Å². The van der Waals surface area contributed by atoms with Crippen molar-refractivity contribution in [2.45, 2.75) is 32.5 Å². The molecule has 5 heteroatoms. The molecule has 0 aromatic heterocycles. The van der Waals surface area contributed by atoms with E-state index in [1.54, 1.807) is 18.9 Å². The lowest BCUT2D eigenvalue weighted by Crippen LogP contribution is -2.46. The molecular formula is C20H24N2O3. The van der Waals surface area contributed by atoms with Gasteiger partial charge in [-0.05, 0) is 25.0 Å². The Morgan fingerprint density at radius 3 is 2.16 bits per heavy atom. The number of carbonyl (C=O) groups excluding carboxylic acids is 2. The molecule has 0 saturated carbocycles. The molecule has 0 unspecified atom stereocenters. The second-order valence-electron chi connectivity index (χ2n) is 5.96. The number of alkyl carbamates (subject to hydrolysis) is 1. The molecule has 0 bridgehead atoms. The van der Waals surface area contributed by atoms with Crippen LogP contribution in [0.25, 0.3) is 0 Å². The zero-order chi connectivity index (χ0) is 18.2. The van der Waals surface area contributed by atoms with E-state index in [-0.39, 0.29) is 18.6 Å². The number of rotatable bonds is 6. The highest BCUT2D eigenvalue weighted by Crippen LogP contribution is 2.18. The Bertz CT molecular complexity index is 689. The first kappa shape index (κ1) is 18.5. The predicted octanol–water partition coefficient (Wildman–Crippen LogP) is 3.52. The van der Waals surface area contributed by atoms with Gasteiger partial charge in [0.05, 0.1) is 6.04 Å². The lowest BCUT2D eigenvalue weighted by molar-refractivity contribution is -0.133. The monoisotopic (exact) mass is 340 g/mol. The maximum absolute atomic E-state index is 12.5. The number of ether oxygens (including phenoxy) is 1. The van der Waals surface area contributed by atoms with Crippen molar-refractivity contribution in [2.75, 3.05) is 7.05 Å². The van der Waals surface area contributed by atoms with Gasteiger partial charge in [-0.25, -0.2) is 4.79 Å². The number of nitrogens with one attached hydrogen (secondary N) is 1. The Morgan fingerprint density at radius 2 is 1.56 bits per heavy atom. The van der Waals surface area contributed by atoms with E-state index in [4.69, 9.17) is 4.74 Å². The summed E-state index contributed by atoms with van der Waals surface area (Å²) in [6.45, 7) is 3.78. The average molecular weight is 340 g/mol. The van der Waals surface area contributed by atoms with Gasteiger partial charge in [-0.1, -0.05) is 60.7 Å². The Balaban J connectivity index is 1.85. The summed E-state index contributed by atoms with van der Waals surface area (Å²) < 4.78 is 5.15. The maximum atomic E-state index is 12.5. The molecule has 132 valence electrons. The first-order valence-electron chi connectivity index (χ1n) is 8.28. The molecule has 0 radical (unpaired) electrons. The fourth-order valence-corrected chi connectivity index (χ4v) is 2.45. The summed E-state index contributed by atoms with van der Waals surface area (Å²) in [5.74, 6) is -0.173. The molecule has 0 aliphatic rings. The standard InChI is InChI=1S/C20H24N2O3/c1-15(21-20(24)25-14-17-10-6-4-7-11-17)19(23)22(3)16(2)18-12-8-5-9-13-18/h4-13,15-16H,14H2,1-3H3,(H,21,24)/t15-,16+/m1/s1. The summed E-state index contributed by atoms with van der Waals surface area (Å²) in [7, 11) is 1.73. The van der Waals surface area contributed by atoms with Crippen LogP contribution in [0.1, 0.15) is 31.0 Å². The summed E-state index contributed by atoms with van der Waals surface area (Å²) >= 11 is 0. The summed E-state index contributed by atoms with van der Waals surface area (Å²) in [6.07, 6.45) is -0.606.